The number of hydrogen-bond acceptors (Lipinski definition) is 4. The smallest absolute Gasteiger partial charge is 0.298 e. The lowest BCUT2D eigenvalue weighted by Gasteiger charge is -2.12. The number of para-hydroxylation sites is 2. The van der Waals surface area contributed by atoms with Crippen molar-refractivity contribution in [2.45, 2.75) is 6.54 Å². The quantitative estimate of drug-likeness (QED) is 0.720. The highest BCUT2D eigenvalue weighted by Gasteiger charge is 2.11. The Hall–Kier alpha value is -1.52. The molecule has 0 bridgehead atoms. The molecule has 2 aromatic heterocycles. The van der Waals surface area contributed by atoms with Crippen molar-refractivity contribution in [3.8, 4) is 0 Å². The molecule has 0 amide bonds. The first-order chi connectivity index (χ1) is 8.72. The molecular formula is C13H11ClN2OS. The third kappa shape index (κ3) is 2.21. The summed E-state index contributed by atoms with van der Waals surface area (Å²) in [5, 5.41) is 0. The molecule has 0 N–H and O–H groups in total. The lowest BCUT2D eigenvalue weighted by atomic mass is 10.3. The normalized spacial score (nSPS) is 11.0. The van der Waals surface area contributed by atoms with Crippen molar-refractivity contribution in [1.29, 1.82) is 0 Å². The van der Waals surface area contributed by atoms with Crippen LogP contribution >= 0.6 is 22.9 Å². The van der Waals surface area contributed by atoms with Crippen molar-refractivity contribution in [3.05, 3.63) is 45.6 Å². The van der Waals surface area contributed by atoms with Crippen LogP contribution in [0.3, 0.4) is 0 Å². The Morgan fingerprint density at radius 1 is 1.28 bits per heavy atom. The van der Waals surface area contributed by atoms with Crippen LogP contribution in [0.15, 0.2) is 40.8 Å². The minimum Gasteiger partial charge on any atom is -0.423 e. The molecule has 0 radical (unpaired) electrons. The largest absolute Gasteiger partial charge is 0.423 e. The van der Waals surface area contributed by atoms with Gasteiger partial charge in [0, 0.05) is 11.9 Å². The number of benzene rings is 1. The summed E-state index contributed by atoms with van der Waals surface area (Å²) in [6, 6.07) is 12.3. The fourth-order valence-corrected chi connectivity index (χ4v) is 2.90. The maximum Gasteiger partial charge on any atom is 0.298 e. The van der Waals surface area contributed by atoms with E-state index < -0.39 is 0 Å². The number of nitrogens with zero attached hydrogens (tertiary/aromatic N) is 2. The van der Waals surface area contributed by atoms with Gasteiger partial charge in [0.1, 0.15) is 5.52 Å². The molecule has 92 valence electrons. The van der Waals surface area contributed by atoms with Crippen molar-refractivity contribution in [3.63, 3.8) is 0 Å². The maximum atomic E-state index is 5.92. The van der Waals surface area contributed by atoms with Gasteiger partial charge in [-0.15, -0.1) is 11.3 Å². The monoisotopic (exact) mass is 278 g/mol. The average Bonchev–Trinajstić information content (AvgIpc) is 2.95. The number of oxazole rings is 1. The zero-order valence-electron chi connectivity index (χ0n) is 9.76. The van der Waals surface area contributed by atoms with Crippen LogP contribution in [0.25, 0.3) is 11.1 Å². The predicted molar refractivity (Wildman–Crippen MR) is 75.4 cm³/mol. The third-order valence-corrected chi connectivity index (χ3v) is 3.85. The van der Waals surface area contributed by atoms with E-state index in [1.165, 1.54) is 4.88 Å². The zero-order valence-corrected chi connectivity index (χ0v) is 11.3. The molecule has 0 saturated heterocycles. The highest BCUT2D eigenvalue weighted by atomic mass is 35.5. The zero-order chi connectivity index (χ0) is 12.5. The van der Waals surface area contributed by atoms with Crippen molar-refractivity contribution < 1.29 is 4.42 Å². The minimum absolute atomic E-state index is 0.626. The number of anilines is 1. The molecule has 0 fully saturated rings. The topological polar surface area (TPSA) is 29.3 Å². The molecular weight excluding hydrogens is 268 g/mol. The van der Waals surface area contributed by atoms with Gasteiger partial charge in [-0.1, -0.05) is 23.7 Å². The van der Waals surface area contributed by atoms with Crippen LogP contribution in [0.5, 0.6) is 0 Å². The van der Waals surface area contributed by atoms with Gasteiger partial charge in [0.25, 0.3) is 6.01 Å². The average molecular weight is 279 g/mol. The Balaban J connectivity index is 1.85. The van der Waals surface area contributed by atoms with Gasteiger partial charge in [-0.3, -0.25) is 0 Å². The van der Waals surface area contributed by atoms with Crippen molar-refractivity contribution in [2.24, 2.45) is 0 Å². The first-order valence-corrected chi connectivity index (χ1v) is 6.73. The Kier molecular flexibility index (Phi) is 2.97. The first-order valence-electron chi connectivity index (χ1n) is 5.53. The molecule has 3 nitrogen and oxygen atoms in total. The fourth-order valence-electron chi connectivity index (χ4n) is 1.76. The molecule has 5 heteroatoms. The van der Waals surface area contributed by atoms with Crippen LogP contribution in [0, 0.1) is 0 Å². The van der Waals surface area contributed by atoms with E-state index in [0.717, 1.165) is 22.0 Å². The van der Waals surface area contributed by atoms with Gasteiger partial charge in [0.2, 0.25) is 0 Å². The molecule has 0 aliphatic rings. The second kappa shape index (κ2) is 4.63. The second-order valence-corrected chi connectivity index (χ2v) is 5.83. The highest BCUT2D eigenvalue weighted by molar-refractivity contribution is 7.16. The standard InChI is InChI=1S/C13H11ClN2OS/c1-16(8-9-6-7-12(14)18-9)13-15-10-4-2-3-5-11(10)17-13/h2-7H,8H2,1H3. The molecule has 18 heavy (non-hydrogen) atoms. The third-order valence-electron chi connectivity index (χ3n) is 2.63. The van der Waals surface area contributed by atoms with Crippen LogP contribution in [-0.4, -0.2) is 12.0 Å². The Labute approximate surface area is 114 Å². The van der Waals surface area contributed by atoms with E-state index in [9.17, 15) is 0 Å². The van der Waals surface area contributed by atoms with Crippen LogP contribution in [0.1, 0.15) is 4.88 Å². The summed E-state index contributed by atoms with van der Waals surface area (Å²) in [4.78, 5) is 7.61. The summed E-state index contributed by atoms with van der Waals surface area (Å²) in [6.07, 6.45) is 0. The molecule has 1 aromatic carbocycles. The van der Waals surface area contributed by atoms with Gasteiger partial charge in [0.15, 0.2) is 5.58 Å². The van der Waals surface area contributed by atoms with E-state index >= 15 is 0 Å². The Morgan fingerprint density at radius 2 is 2.11 bits per heavy atom. The van der Waals surface area contributed by atoms with Crippen molar-refractivity contribution in [1.82, 2.24) is 4.98 Å². The Bertz CT molecular complexity index is 643. The summed E-state index contributed by atoms with van der Waals surface area (Å²) in [5.74, 6) is 0. The van der Waals surface area contributed by atoms with Gasteiger partial charge < -0.3 is 9.32 Å². The van der Waals surface area contributed by atoms with Crippen molar-refractivity contribution >= 4 is 40.1 Å². The number of rotatable bonds is 3. The molecule has 2 heterocycles. The number of aromatic nitrogens is 1. The molecule has 0 aliphatic heterocycles. The molecule has 0 saturated carbocycles. The molecule has 0 atom stereocenters. The molecule has 0 spiro atoms. The summed E-state index contributed by atoms with van der Waals surface area (Å²) < 4.78 is 6.50. The van der Waals surface area contributed by atoms with E-state index in [4.69, 9.17) is 16.0 Å². The van der Waals surface area contributed by atoms with E-state index in [1.807, 2.05) is 48.3 Å². The van der Waals surface area contributed by atoms with Gasteiger partial charge in [-0.05, 0) is 24.3 Å². The minimum atomic E-state index is 0.626. The number of hydrogen-bond donors (Lipinski definition) is 0. The van der Waals surface area contributed by atoms with E-state index in [0.29, 0.717) is 6.01 Å². The molecule has 3 rings (SSSR count). The lowest BCUT2D eigenvalue weighted by Crippen LogP contribution is -2.15. The van der Waals surface area contributed by atoms with Crippen LogP contribution in [-0.2, 0) is 6.54 Å². The van der Waals surface area contributed by atoms with E-state index in [-0.39, 0.29) is 0 Å². The van der Waals surface area contributed by atoms with Gasteiger partial charge in [-0.2, -0.15) is 4.98 Å². The molecule has 0 aliphatic carbocycles. The van der Waals surface area contributed by atoms with Gasteiger partial charge in [0.05, 0.1) is 10.9 Å². The van der Waals surface area contributed by atoms with Crippen LogP contribution < -0.4 is 4.90 Å². The molecule has 0 unspecified atom stereocenters. The Morgan fingerprint density at radius 3 is 2.83 bits per heavy atom. The fraction of sp³-hybridized carbons (Fsp3) is 0.154. The number of halogens is 1. The van der Waals surface area contributed by atoms with Crippen LogP contribution in [0.2, 0.25) is 4.34 Å². The van der Waals surface area contributed by atoms with E-state index in [1.54, 1.807) is 11.3 Å². The summed E-state index contributed by atoms with van der Waals surface area (Å²) >= 11 is 7.49. The van der Waals surface area contributed by atoms with Crippen LogP contribution in [0.4, 0.5) is 6.01 Å². The lowest BCUT2D eigenvalue weighted by molar-refractivity contribution is 0.583. The maximum absolute atomic E-state index is 5.92. The predicted octanol–water partition coefficient (Wildman–Crippen LogP) is 4.18. The van der Waals surface area contributed by atoms with Crippen molar-refractivity contribution in [2.75, 3.05) is 11.9 Å². The summed E-state index contributed by atoms with van der Waals surface area (Å²) in [6.45, 7) is 0.740. The number of fused-ring (bicyclic) bond motifs is 1. The second-order valence-electron chi connectivity index (χ2n) is 4.03. The first kappa shape index (κ1) is 11.6. The summed E-state index contributed by atoms with van der Waals surface area (Å²) in [5.41, 5.74) is 1.69. The number of thiophene rings is 1. The molecule has 3 aromatic rings. The van der Waals surface area contributed by atoms with Gasteiger partial charge in [-0.25, -0.2) is 0 Å². The van der Waals surface area contributed by atoms with E-state index in [2.05, 4.69) is 4.98 Å². The summed E-state index contributed by atoms with van der Waals surface area (Å²) in [7, 11) is 1.96. The highest BCUT2D eigenvalue weighted by Crippen LogP contribution is 2.25. The SMILES string of the molecule is CN(Cc1ccc(Cl)s1)c1nc2ccccc2o1. The van der Waals surface area contributed by atoms with Gasteiger partial charge >= 0.3 is 0 Å².